The minimum absolute atomic E-state index is 1.14. The maximum absolute atomic E-state index is 2.92. The van der Waals surface area contributed by atoms with Crippen LogP contribution in [-0.2, 0) is 38.5 Å². The summed E-state index contributed by atoms with van der Waals surface area (Å²) in [7, 11) is 0. The van der Waals surface area contributed by atoms with Crippen molar-refractivity contribution >= 4 is 99.3 Å². The van der Waals surface area contributed by atoms with Crippen LogP contribution in [0.4, 0.5) is 0 Å². The lowest BCUT2D eigenvalue weighted by molar-refractivity contribution is 0.608. The molecule has 6 heteroatoms. The molecule has 0 amide bonds. The molecule has 6 nitrogen and oxygen atoms in total. The molecule has 13 aromatic rings. The summed E-state index contributed by atoms with van der Waals surface area (Å²) < 4.78 is 17.5. The van der Waals surface area contributed by atoms with Crippen molar-refractivity contribution in [3.63, 3.8) is 0 Å². The van der Waals surface area contributed by atoms with Gasteiger partial charge in [-0.25, -0.2) is 0 Å². The highest BCUT2D eigenvalue weighted by Crippen LogP contribution is 2.52. The van der Waals surface area contributed by atoms with Crippen molar-refractivity contribution in [1.29, 1.82) is 0 Å². The lowest BCUT2D eigenvalue weighted by Crippen LogP contribution is -2.13. The Balaban J connectivity index is 1.14. The van der Waals surface area contributed by atoms with Crippen molar-refractivity contribution in [2.75, 3.05) is 0 Å². The van der Waals surface area contributed by atoms with Crippen LogP contribution >= 0.6 is 0 Å². The zero-order valence-corrected chi connectivity index (χ0v) is 53.8. The second-order valence-corrected chi connectivity index (χ2v) is 27.6. The Morgan fingerprint density at radius 2 is 0.298 bits per heavy atom. The van der Waals surface area contributed by atoms with Gasteiger partial charge in [-0.2, -0.15) is 0 Å². The second kappa shape index (κ2) is 26.1. The topological polar surface area (TPSA) is 26.5 Å². The maximum Gasteiger partial charge on any atom is 0.0993 e. The number of benzene rings is 1. The molecule has 0 radical (unpaired) electrons. The summed E-state index contributed by atoms with van der Waals surface area (Å²) in [6.45, 7) is 14.2. The highest BCUT2D eigenvalue weighted by atomic mass is 15.2. The van der Waals surface area contributed by atoms with Gasteiger partial charge in [0.15, 0.2) is 0 Å². The molecular weight excluding hydrogens is 1020 g/mol. The first kappa shape index (κ1) is 57.9. The molecule has 0 fully saturated rings. The molecule has 1 aromatic carbocycles. The Bertz CT molecular complexity index is 3410. The molecule has 0 spiro atoms. The average Bonchev–Trinajstić information content (AvgIpc) is 1.39. The molecule has 84 heavy (non-hydrogen) atoms. The first-order chi connectivity index (χ1) is 41.6. The van der Waals surface area contributed by atoms with Crippen LogP contribution in [0.3, 0.4) is 0 Å². The van der Waals surface area contributed by atoms with Gasteiger partial charge in [0.25, 0.3) is 0 Å². The number of unbranched alkanes of at least 4 members (excludes halogenated alkanes) is 30. The minimum atomic E-state index is 1.14. The van der Waals surface area contributed by atoms with Gasteiger partial charge < -0.3 is 26.4 Å². The van der Waals surface area contributed by atoms with Crippen LogP contribution in [0, 0.1) is 0 Å². The smallest absolute Gasteiger partial charge is 0.0993 e. The van der Waals surface area contributed by atoms with Gasteiger partial charge in [0.1, 0.15) is 0 Å². The molecule has 0 saturated heterocycles. The third kappa shape index (κ3) is 9.96. The fraction of sp³-hybridized carbons (Fsp3) is 0.615. The molecule has 12 heterocycles. The second-order valence-electron chi connectivity index (χ2n) is 27.6. The average molecular weight is 1130 g/mol. The van der Waals surface area contributed by atoms with E-state index >= 15 is 0 Å². The number of hydrogen-bond donors (Lipinski definition) is 0. The summed E-state index contributed by atoms with van der Waals surface area (Å²) >= 11 is 0. The summed E-state index contributed by atoms with van der Waals surface area (Å²) in [6.07, 6.45) is 54.6. The molecule has 0 bridgehead atoms. The molecule has 13 rings (SSSR count). The van der Waals surface area contributed by atoms with Crippen LogP contribution in [0.1, 0.15) is 306 Å². The summed E-state index contributed by atoms with van der Waals surface area (Å²) in [5.74, 6) is 0. The first-order valence-electron chi connectivity index (χ1n) is 36.4. The largest absolute Gasteiger partial charge is 0.302 e. The third-order valence-electron chi connectivity index (χ3n) is 21.4. The highest BCUT2D eigenvalue weighted by molar-refractivity contribution is 6.29. The predicted molar refractivity (Wildman–Crippen MR) is 367 cm³/mol. The molecule has 0 aliphatic heterocycles. The monoisotopic (exact) mass is 1130 g/mol. The van der Waals surface area contributed by atoms with Gasteiger partial charge >= 0.3 is 0 Å². The van der Waals surface area contributed by atoms with E-state index in [0.717, 1.165) is 38.5 Å². The molecule has 0 atom stereocenters. The van der Waals surface area contributed by atoms with Gasteiger partial charge in [-0.1, -0.05) is 234 Å². The standard InChI is InChI=1S/C78H108N6/c1-7-13-19-25-31-37-43-55-49-61-68-57(45-39-33-27-21-15-9-3)51-64-70-59(47-41-35-29-23-17-11-5)53-65-72-60(48-42-36-30-24-18-12-6)54-66-71-58(46-40-34-28-22-16-10-4)52-63-69-56(44-38-32-26-20-14-8-2)50-62-67(55)79(61)73-74(80(62)69)76(82(63)71)78(84(66)72)77(83(65)70)75(73)81(64)68/h49-54H,7-48H2,1-6H3. The van der Waals surface area contributed by atoms with Gasteiger partial charge in [-0.3, -0.25) is 0 Å². The number of aryl methyl sites for hydroxylation is 6. The highest BCUT2D eigenvalue weighted by Gasteiger charge is 2.37. The summed E-state index contributed by atoms with van der Waals surface area (Å²) in [6, 6.07) is 16.6. The third-order valence-corrected chi connectivity index (χ3v) is 21.4. The fourth-order valence-electron chi connectivity index (χ4n) is 17.1. The molecule has 0 N–H and O–H groups in total. The van der Waals surface area contributed by atoms with E-state index in [1.807, 2.05) is 0 Å². The van der Waals surface area contributed by atoms with Crippen molar-refractivity contribution < 1.29 is 0 Å². The van der Waals surface area contributed by atoms with E-state index in [2.05, 4.69) is 104 Å². The van der Waals surface area contributed by atoms with Gasteiger partial charge in [0, 0.05) is 0 Å². The molecule has 0 aliphatic rings. The Morgan fingerprint density at radius 3 is 0.440 bits per heavy atom. The van der Waals surface area contributed by atoms with E-state index in [-0.39, 0.29) is 0 Å². The van der Waals surface area contributed by atoms with Crippen LogP contribution in [0.2, 0.25) is 0 Å². The van der Waals surface area contributed by atoms with Crippen LogP contribution in [0.15, 0.2) is 36.4 Å². The SMILES string of the molecule is CCCCCCCCc1cc2c3c(CCCCCCCC)cc4c5c(CCCCCCCC)cc6c7c(CCCCCCCC)cc8c9c(CCCCCCCC)cc%10c%11c(CCCCCCCC)cc%12c1n2c1c(c(c(c(c1n43)n65)n87)n%109)n%12%11. The number of fused-ring (bicyclic) bond motifs is 6. The molecular formula is C78H108N6. The van der Waals surface area contributed by atoms with E-state index in [1.54, 1.807) is 33.4 Å². The van der Waals surface area contributed by atoms with E-state index in [9.17, 15) is 0 Å². The summed E-state index contributed by atoms with van der Waals surface area (Å²) in [5, 5.41) is 0. The molecule has 0 aliphatic carbocycles. The van der Waals surface area contributed by atoms with Crippen LogP contribution in [-0.4, -0.2) is 26.4 Å². The van der Waals surface area contributed by atoms with Gasteiger partial charge in [-0.05, 0) is 147 Å². The van der Waals surface area contributed by atoms with Crippen LogP contribution < -0.4 is 0 Å². The van der Waals surface area contributed by atoms with Gasteiger partial charge in [0.2, 0.25) is 0 Å². The number of aromatic nitrogens is 6. The molecule has 450 valence electrons. The fourth-order valence-corrected chi connectivity index (χ4v) is 17.1. The summed E-state index contributed by atoms with van der Waals surface area (Å²) in [5.41, 5.74) is 36.1. The first-order valence-corrected chi connectivity index (χ1v) is 36.4. The van der Waals surface area contributed by atoms with E-state index in [0.29, 0.717) is 0 Å². The molecule has 0 saturated carbocycles. The van der Waals surface area contributed by atoms with Crippen LogP contribution in [0.25, 0.3) is 99.3 Å². The van der Waals surface area contributed by atoms with Gasteiger partial charge in [-0.15, -0.1) is 0 Å². The van der Waals surface area contributed by atoms with E-state index in [4.69, 9.17) is 0 Å². The Morgan fingerprint density at radius 1 is 0.167 bits per heavy atom. The van der Waals surface area contributed by atoms with Crippen molar-refractivity contribution in [2.24, 2.45) is 0 Å². The van der Waals surface area contributed by atoms with Crippen molar-refractivity contribution in [3.8, 4) is 0 Å². The van der Waals surface area contributed by atoms with E-state index < -0.39 is 0 Å². The van der Waals surface area contributed by atoms with E-state index in [1.165, 1.54) is 330 Å². The maximum atomic E-state index is 2.92. The zero-order chi connectivity index (χ0) is 57.3. The van der Waals surface area contributed by atoms with Crippen molar-refractivity contribution in [2.45, 2.75) is 311 Å². The predicted octanol–water partition coefficient (Wildman–Crippen LogP) is 24.2. The Labute approximate surface area is 504 Å². The number of nitrogens with zero attached hydrogens (tertiary/aromatic N) is 6. The minimum Gasteiger partial charge on any atom is -0.302 e. The van der Waals surface area contributed by atoms with Gasteiger partial charge in [0.05, 0.1) is 99.3 Å². The molecule has 12 aromatic heterocycles. The number of rotatable bonds is 42. The normalized spacial score (nSPS) is 13.2. The quantitative estimate of drug-likeness (QED) is 0.0207. The van der Waals surface area contributed by atoms with Crippen molar-refractivity contribution in [1.82, 2.24) is 26.4 Å². The van der Waals surface area contributed by atoms with Crippen LogP contribution in [0.5, 0.6) is 0 Å². The summed E-state index contributed by atoms with van der Waals surface area (Å²) in [4.78, 5) is 0. The lowest BCUT2D eigenvalue weighted by atomic mass is 10.0. The molecule has 0 unspecified atom stereocenters. The van der Waals surface area contributed by atoms with Crippen molar-refractivity contribution in [3.05, 3.63) is 69.8 Å². The zero-order valence-electron chi connectivity index (χ0n) is 53.8. The number of hydrogen-bond acceptors (Lipinski definition) is 0. The lowest BCUT2D eigenvalue weighted by Gasteiger charge is -2.26. The Hall–Kier alpha value is -5.10. The Kier molecular flexibility index (Phi) is 18.0.